The number of hydrogen-bond acceptors (Lipinski definition) is 3. The van der Waals surface area contributed by atoms with Crippen molar-refractivity contribution in [2.45, 2.75) is 71.3 Å². The van der Waals surface area contributed by atoms with Gasteiger partial charge in [0.05, 0.1) is 17.7 Å². The van der Waals surface area contributed by atoms with E-state index in [2.05, 4.69) is 61.5 Å². The molecule has 0 spiro atoms. The number of thiazole rings is 1. The summed E-state index contributed by atoms with van der Waals surface area (Å²) in [4.78, 5) is 12.0. The third-order valence-corrected chi connectivity index (χ3v) is 8.14. The summed E-state index contributed by atoms with van der Waals surface area (Å²) in [5.74, 6) is 0. The van der Waals surface area contributed by atoms with Gasteiger partial charge in [0, 0.05) is 30.5 Å². The van der Waals surface area contributed by atoms with Gasteiger partial charge in [-0.05, 0) is 98.7 Å². The number of benzene rings is 2. The normalized spacial score (nSPS) is 16.2. The minimum Gasteiger partial charge on any atom is -0.363 e. The van der Waals surface area contributed by atoms with E-state index in [0.29, 0.717) is 6.04 Å². The molecular formula is C28H33N3S. The Morgan fingerprint density at radius 3 is 2.62 bits per heavy atom. The highest BCUT2D eigenvalue weighted by Gasteiger charge is 2.20. The molecule has 1 saturated carbocycles. The Hall–Kier alpha value is -2.46. The monoisotopic (exact) mass is 443 g/mol. The maximum absolute atomic E-state index is 4.99. The van der Waals surface area contributed by atoms with Crippen LogP contribution < -0.4 is 0 Å². The molecule has 0 unspecified atom stereocenters. The van der Waals surface area contributed by atoms with E-state index in [1.54, 1.807) is 11.3 Å². The minimum absolute atomic E-state index is 0.674. The molecule has 2 aliphatic carbocycles. The maximum atomic E-state index is 4.99. The van der Waals surface area contributed by atoms with E-state index in [0.717, 1.165) is 22.8 Å². The van der Waals surface area contributed by atoms with Crippen molar-refractivity contribution in [3.63, 3.8) is 0 Å². The van der Waals surface area contributed by atoms with Crippen molar-refractivity contribution in [1.82, 2.24) is 9.88 Å². The van der Waals surface area contributed by atoms with Crippen LogP contribution in [0.25, 0.3) is 10.6 Å². The van der Waals surface area contributed by atoms with Gasteiger partial charge in [-0.3, -0.25) is 0 Å². The number of hydrogen-bond donors (Lipinski definition) is 0. The van der Waals surface area contributed by atoms with Crippen molar-refractivity contribution < 1.29 is 0 Å². The molecule has 0 amide bonds. The van der Waals surface area contributed by atoms with Crippen LogP contribution in [0.15, 0.2) is 40.7 Å². The fourth-order valence-corrected chi connectivity index (χ4v) is 5.63. The highest BCUT2D eigenvalue weighted by atomic mass is 32.1. The largest absolute Gasteiger partial charge is 0.363 e. The Morgan fingerprint density at radius 2 is 1.84 bits per heavy atom. The Bertz CT molecular complexity index is 1140. The summed E-state index contributed by atoms with van der Waals surface area (Å²) in [5, 5.41) is 3.37. The molecule has 3 nitrogen and oxygen atoms in total. The zero-order chi connectivity index (χ0) is 22.1. The van der Waals surface area contributed by atoms with E-state index >= 15 is 0 Å². The lowest BCUT2D eigenvalue weighted by atomic mass is 9.90. The van der Waals surface area contributed by atoms with Crippen LogP contribution in [0.2, 0.25) is 0 Å². The molecule has 2 aromatic carbocycles. The second-order valence-corrected chi connectivity index (χ2v) is 10.4. The summed E-state index contributed by atoms with van der Waals surface area (Å²) >= 11 is 1.77. The van der Waals surface area contributed by atoms with Crippen LogP contribution in [0.5, 0.6) is 0 Å². The van der Waals surface area contributed by atoms with E-state index in [1.165, 1.54) is 78.3 Å². The molecule has 0 N–H and O–H groups in total. The number of aliphatic imine (C=N–C) groups is 1. The summed E-state index contributed by atoms with van der Waals surface area (Å²) in [6, 6.07) is 12.2. The second kappa shape index (κ2) is 9.19. The van der Waals surface area contributed by atoms with Crippen molar-refractivity contribution in [1.29, 1.82) is 0 Å². The fraction of sp³-hybridized carbons (Fsp3) is 0.429. The Labute approximate surface area is 196 Å². The molecule has 2 aliphatic rings. The average Bonchev–Trinajstić information content (AvgIpc) is 3.22. The minimum atomic E-state index is 0.674. The van der Waals surface area contributed by atoms with Gasteiger partial charge in [-0.15, -0.1) is 11.3 Å². The van der Waals surface area contributed by atoms with Crippen molar-refractivity contribution in [2.75, 3.05) is 7.05 Å². The highest BCUT2D eigenvalue weighted by molar-refractivity contribution is 7.13. The number of rotatable bonds is 6. The van der Waals surface area contributed by atoms with Crippen molar-refractivity contribution in [3.05, 3.63) is 69.2 Å². The fourth-order valence-electron chi connectivity index (χ4n) is 4.81. The molecular weight excluding hydrogens is 410 g/mol. The second-order valence-electron chi connectivity index (χ2n) is 9.57. The summed E-state index contributed by atoms with van der Waals surface area (Å²) < 4.78 is 0. The third kappa shape index (κ3) is 4.52. The molecule has 5 rings (SSSR count). The molecule has 0 radical (unpaired) electrons. The van der Waals surface area contributed by atoms with E-state index in [4.69, 9.17) is 9.98 Å². The maximum Gasteiger partial charge on any atom is 0.123 e. The molecule has 3 aromatic rings. The van der Waals surface area contributed by atoms with Gasteiger partial charge in [-0.1, -0.05) is 18.2 Å². The molecule has 0 bridgehead atoms. The highest BCUT2D eigenvalue weighted by Crippen LogP contribution is 2.31. The predicted molar refractivity (Wildman–Crippen MR) is 136 cm³/mol. The molecule has 1 fully saturated rings. The molecule has 4 heteroatoms. The van der Waals surface area contributed by atoms with Gasteiger partial charge in [0.15, 0.2) is 0 Å². The van der Waals surface area contributed by atoms with Gasteiger partial charge < -0.3 is 4.90 Å². The number of aromatic nitrogens is 1. The average molecular weight is 444 g/mol. The van der Waals surface area contributed by atoms with Crippen LogP contribution in [0.3, 0.4) is 0 Å². The molecule has 0 atom stereocenters. The van der Waals surface area contributed by atoms with Crippen molar-refractivity contribution in [3.8, 4) is 10.6 Å². The zero-order valence-corrected chi connectivity index (χ0v) is 20.3. The first-order valence-electron chi connectivity index (χ1n) is 12.0. The van der Waals surface area contributed by atoms with Gasteiger partial charge in [0.25, 0.3) is 0 Å². The number of nitrogens with zero attached hydrogens (tertiary/aromatic N) is 3. The molecule has 0 aliphatic heterocycles. The molecule has 166 valence electrons. The van der Waals surface area contributed by atoms with Gasteiger partial charge in [-0.25, -0.2) is 9.98 Å². The van der Waals surface area contributed by atoms with Crippen LogP contribution >= 0.6 is 11.3 Å². The van der Waals surface area contributed by atoms with E-state index in [1.807, 2.05) is 6.34 Å². The Balaban J connectivity index is 1.31. The van der Waals surface area contributed by atoms with Crippen LogP contribution in [0.1, 0.15) is 65.6 Å². The lowest BCUT2D eigenvalue weighted by molar-refractivity contribution is 0.246. The topological polar surface area (TPSA) is 28.5 Å². The summed E-state index contributed by atoms with van der Waals surface area (Å²) in [6.45, 7) is 4.36. The first-order valence-corrected chi connectivity index (χ1v) is 12.9. The van der Waals surface area contributed by atoms with Crippen LogP contribution in [0.4, 0.5) is 5.69 Å². The van der Waals surface area contributed by atoms with E-state index in [9.17, 15) is 0 Å². The number of fused-ring (bicyclic) bond motifs is 1. The number of aryl methyl sites for hydroxylation is 4. The SMILES string of the molecule is Cc1cc(N=CN(C)C2CCC2)c(C)cc1Cc1csc(-c2ccc3c(c2)CCCC3)n1. The molecule has 1 heterocycles. The van der Waals surface area contributed by atoms with E-state index in [-0.39, 0.29) is 0 Å². The summed E-state index contributed by atoms with van der Waals surface area (Å²) in [7, 11) is 2.15. The van der Waals surface area contributed by atoms with Crippen LogP contribution in [-0.2, 0) is 19.3 Å². The molecule has 1 aromatic heterocycles. The zero-order valence-electron chi connectivity index (χ0n) is 19.5. The smallest absolute Gasteiger partial charge is 0.123 e. The lowest BCUT2D eigenvalue weighted by Crippen LogP contribution is -2.35. The molecule has 0 saturated heterocycles. The van der Waals surface area contributed by atoms with Crippen LogP contribution in [0, 0.1) is 13.8 Å². The first kappa shape index (κ1) is 21.4. The van der Waals surface area contributed by atoms with Gasteiger partial charge >= 0.3 is 0 Å². The summed E-state index contributed by atoms with van der Waals surface area (Å²) in [5.41, 5.74) is 10.4. The Kier molecular flexibility index (Phi) is 6.14. The quantitative estimate of drug-likeness (QED) is 0.302. The predicted octanol–water partition coefficient (Wildman–Crippen LogP) is 7.04. The third-order valence-electron chi connectivity index (χ3n) is 7.20. The van der Waals surface area contributed by atoms with Gasteiger partial charge in [-0.2, -0.15) is 0 Å². The standard InChI is InChI=1S/C28H33N3S/c1-19-14-27(29-18-31(3)26-9-6-10-26)20(2)13-24(19)16-25-17-32-28(30-25)23-12-11-21-7-4-5-8-22(21)15-23/h11-15,17-18,26H,4-10,16H2,1-3H3. The molecule has 32 heavy (non-hydrogen) atoms. The van der Waals surface area contributed by atoms with Gasteiger partial charge in [0.2, 0.25) is 0 Å². The lowest BCUT2D eigenvalue weighted by Gasteiger charge is -2.33. The van der Waals surface area contributed by atoms with Crippen molar-refractivity contribution in [2.24, 2.45) is 4.99 Å². The summed E-state index contributed by atoms with van der Waals surface area (Å²) in [6.07, 6.45) is 11.9. The van der Waals surface area contributed by atoms with Crippen LogP contribution in [-0.4, -0.2) is 29.3 Å². The van der Waals surface area contributed by atoms with Gasteiger partial charge in [0.1, 0.15) is 5.01 Å². The Morgan fingerprint density at radius 1 is 1.03 bits per heavy atom. The first-order chi connectivity index (χ1) is 15.6. The van der Waals surface area contributed by atoms with Crippen molar-refractivity contribution >= 4 is 23.4 Å². The van der Waals surface area contributed by atoms with E-state index < -0.39 is 0 Å².